The Kier molecular flexibility index (Phi) is 6.12. The molecule has 0 aromatic rings. The van der Waals surface area contributed by atoms with Gasteiger partial charge in [0.2, 0.25) is 0 Å². The fourth-order valence-corrected chi connectivity index (χ4v) is 0.934. The normalized spacial score (nSPS) is 10.0. The van der Waals surface area contributed by atoms with Crippen LogP contribution in [0.2, 0.25) is 0 Å². The molecular weight excluding hydrogens is 151 g/mol. The molecule has 0 aliphatic rings. The average Bonchev–Trinajstić information content (AvgIpc) is 1.21. The fraction of sp³-hybridized carbons (Fsp3) is 0.500. The zero-order valence-corrected chi connectivity index (χ0v) is 8.40. The second kappa shape index (κ2) is 4.46. The molecule has 0 spiro atoms. The monoisotopic (exact) mass is 160 g/mol. The molecule has 1 N–H and O–H groups in total. The summed E-state index contributed by atoms with van der Waals surface area (Å²) in [5.74, 6) is -0.340. The molecule has 0 aromatic carbocycles. The standard InChI is InChI=1S/C4H8O3S.Na.H/c1-4(2)3-8(5,6)7;;/h1,3H2,2H3,(H,5,6,7);;/q;+1;-1. The second-order valence-corrected chi connectivity index (χ2v) is 3.14. The third-order valence-electron chi connectivity index (χ3n) is 0.429. The van der Waals surface area contributed by atoms with Crippen LogP contribution in [0.5, 0.6) is 0 Å². The summed E-state index contributed by atoms with van der Waals surface area (Å²) in [7, 11) is -3.82. The first-order chi connectivity index (χ1) is 3.42. The summed E-state index contributed by atoms with van der Waals surface area (Å²) in [6, 6.07) is 0. The van der Waals surface area contributed by atoms with Crippen molar-refractivity contribution in [1.82, 2.24) is 0 Å². The van der Waals surface area contributed by atoms with Crippen LogP contribution < -0.4 is 29.6 Å². The number of hydrogen-bond donors (Lipinski definition) is 1. The maximum atomic E-state index is 9.94. The van der Waals surface area contributed by atoms with E-state index in [4.69, 9.17) is 4.55 Å². The largest absolute Gasteiger partial charge is 1.00 e. The minimum atomic E-state index is -3.82. The molecular formula is C4H9NaO3S. The van der Waals surface area contributed by atoms with Crippen molar-refractivity contribution in [2.24, 2.45) is 0 Å². The van der Waals surface area contributed by atoms with E-state index in [0.29, 0.717) is 5.57 Å². The molecule has 0 saturated heterocycles. The van der Waals surface area contributed by atoms with Crippen LogP contribution in [0.15, 0.2) is 12.2 Å². The maximum absolute atomic E-state index is 9.94. The van der Waals surface area contributed by atoms with Crippen LogP contribution in [0.3, 0.4) is 0 Å². The smallest absolute Gasteiger partial charge is 1.00 e. The minimum Gasteiger partial charge on any atom is -1.00 e. The Morgan fingerprint density at radius 2 is 2.11 bits per heavy atom. The Hall–Kier alpha value is 0.650. The summed E-state index contributed by atoms with van der Waals surface area (Å²) in [5.41, 5.74) is 0.438. The van der Waals surface area contributed by atoms with Gasteiger partial charge >= 0.3 is 29.6 Å². The quantitative estimate of drug-likeness (QED) is 0.277. The van der Waals surface area contributed by atoms with E-state index in [-0.39, 0.29) is 36.7 Å². The summed E-state index contributed by atoms with van der Waals surface area (Å²) in [6.45, 7) is 4.84. The summed E-state index contributed by atoms with van der Waals surface area (Å²) < 4.78 is 28.0. The summed E-state index contributed by atoms with van der Waals surface area (Å²) in [6.07, 6.45) is 0. The molecule has 0 saturated carbocycles. The Labute approximate surface area is 78.7 Å². The zero-order chi connectivity index (χ0) is 6.78. The van der Waals surface area contributed by atoms with Gasteiger partial charge in [-0.3, -0.25) is 4.55 Å². The van der Waals surface area contributed by atoms with Crippen molar-refractivity contribution in [3.8, 4) is 0 Å². The van der Waals surface area contributed by atoms with E-state index in [1.807, 2.05) is 0 Å². The van der Waals surface area contributed by atoms with Crippen molar-refractivity contribution >= 4 is 10.1 Å². The van der Waals surface area contributed by atoms with Gasteiger partial charge in [0, 0.05) is 0 Å². The third-order valence-corrected chi connectivity index (χ3v) is 1.29. The molecule has 0 aliphatic carbocycles. The van der Waals surface area contributed by atoms with E-state index >= 15 is 0 Å². The first kappa shape index (κ1) is 12.3. The maximum Gasteiger partial charge on any atom is 1.00 e. The van der Waals surface area contributed by atoms with Crippen LogP contribution in [0, 0.1) is 0 Å². The molecule has 3 nitrogen and oxygen atoms in total. The summed E-state index contributed by atoms with van der Waals surface area (Å²) in [4.78, 5) is 0. The van der Waals surface area contributed by atoms with Gasteiger partial charge in [-0.25, -0.2) is 0 Å². The van der Waals surface area contributed by atoms with E-state index in [1.165, 1.54) is 6.92 Å². The predicted molar refractivity (Wildman–Crippen MR) is 32.3 cm³/mol. The molecule has 0 atom stereocenters. The van der Waals surface area contributed by atoms with Crippen molar-refractivity contribution in [2.45, 2.75) is 6.92 Å². The van der Waals surface area contributed by atoms with E-state index in [1.54, 1.807) is 0 Å². The Balaban J connectivity index is -0.000000245. The van der Waals surface area contributed by atoms with Crippen LogP contribution in [0.4, 0.5) is 0 Å². The topological polar surface area (TPSA) is 54.4 Å². The molecule has 0 bridgehead atoms. The molecule has 5 heteroatoms. The molecule has 0 aromatic heterocycles. The predicted octanol–water partition coefficient (Wildman–Crippen LogP) is -2.43. The molecule has 0 heterocycles. The van der Waals surface area contributed by atoms with E-state index < -0.39 is 10.1 Å². The summed E-state index contributed by atoms with van der Waals surface area (Å²) in [5, 5.41) is 0. The van der Waals surface area contributed by atoms with Gasteiger partial charge < -0.3 is 1.43 Å². The van der Waals surface area contributed by atoms with Gasteiger partial charge in [-0.1, -0.05) is 12.2 Å². The van der Waals surface area contributed by atoms with Gasteiger partial charge in [-0.05, 0) is 6.92 Å². The molecule has 0 radical (unpaired) electrons. The van der Waals surface area contributed by atoms with Gasteiger partial charge in [0.25, 0.3) is 10.1 Å². The molecule has 0 amide bonds. The first-order valence-electron chi connectivity index (χ1n) is 2.01. The van der Waals surface area contributed by atoms with Gasteiger partial charge in [0.15, 0.2) is 0 Å². The third kappa shape index (κ3) is 12.0. The van der Waals surface area contributed by atoms with Gasteiger partial charge in [-0.15, -0.1) is 0 Å². The van der Waals surface area contributed by atoms with Crippen molar-refractivity contribution in [1.29, 1.82) is 0 Å². The Morgan fingerprint density at radius 3 is 2.11 bits per heavy atom. The van der Waals surface area contributed by atoms with Crippen LogP contribution >= 0.6 is 0 Å². The van der Waals surface area contributed by atoms with Crippen LogP contribution in [-0.2, 0) is 10.1 Å². The number of hydrogen-bond acceptors (Lipinski definition) is 2. The van der Waals surface area contributed by atoms with Crippen molar-refractivity contribution in [3.63, 3.8) is 0 Å². The second-order valence-electron chi connectivity index (χ2n) is 1.68. The van der Waals surface area contributed by atoms with E-state index in [9.17, 15) is 8.42 Å². The minimum absolute atomic E-state index is 0. The molecule has 0 rings (SSSR count). The van der Waals surface area contributed by atoms with Gasteiger partial charge in [0.05, 0.1) is 5.75 Å². The number of rotatable bonds is 2. The van der Waals surface area contributed by atoms with Crippen LogP contribution in [-0.4, -0.2) is 18.7 Å². The van der Waals surface area contributed by atoms with Crippen molar-refractivity contribution in [3.05, 3.63) is 12.2 Å². The van der Waals surface area contributed by atoms with Crippen LogP contribution in [0.25, 0.3) is 0 Å². The zero-order valence-electron chi connectivity index (χ0n) is 6.59. The Bertz CT molecular complexity index is 187. The molecule has 0 unspecified atom stereocenters. The summed E-state index contributed by atoms with van der Waals surface area (Å²) >= 11 is 0. The Morgan fingerprint density at radius 1 is 1.78 bits per heavy atom. The van der Waals surface area contributed by atoms with Gasteiger partial charge in [-0.2, -0.15) is 8.42 Å². The van der Waals surface area contributed by atoms with Crippen LogP contribution in [0.1, 0.15) is 8.35 Å². The molecule has 50 valence electrons. The fourth-order valence-electron chi connectivity index (χ4n) is 0.311. The van der Waals surface area contributed by atoms with E-state index in [0.717, 1.165) is 0 Å². The van der Waals surface area contributed by atoms with E-state index in [2.05, 4.69) is 6.58 Å². The average molecular weight is 160 g/mol. The molecule has 0 fully saturated rings. The van der Waals surface area contributed by atoms with Crippen molar-refractivity contribution in [2.75, 3.05) is 5.75 Å². The first-order valence-corrected chi connectivity index (χ1v) is 3.62. The van der Waals surface area contributed by atoms with Crippen molar-refractivity contribution < 1.29 is 44.0 Å². The SMILES string of the molecule is C=C(C)CS(=O)(=O)O.[H-].[Na+]. The molecule has 0 aliphatic heterocycles. The van der Waals surface area contributed by atoms with Gasteiger partial charge in [0.1, 0.15) is 0 Å². The molecule has 9 heavy (non-hydrogen) atoms.